The molecule has 1 aromatic carbocycles. The monoisotopic (exact) mass is 249 g/mol. The fourth-order valence-corrected chi connectivity index (χ4v) is 2.64. The van der Waals surface area contributed by atoms with E-state index in [-0.39, 0.29) is 6.04 Å². The van der Waals surface area contributed by atoms with E-state index < -0.39 is 0 Å². The molecule has 0 aromatic heterocycles. The van der Waals surface area contributed by atoms with Gasteiger partial charge >= 0.3 is 0 Å². The molecule has 0 radical (unpaired) electrons. The number of hydrogen-bond donors (Lipinski definition) is 1. The number of hydrogen-bond acceptors (Lipinski definition) is 4. The summed E-state index contributed by atoms with van der Waals surface area (Å²) in [5, 5.41) is 0. The van der Waals surface area contributed by atoms with E-state index in [0.29, 0.717) is 25.2 Å². The molecule has 4 heteroatoms. The van der Waals surface area contributed by atoms with Gasteiger partial charge in [-0.2, -0.15) is 0 Å². The van der Waals surface area contributed by atoms with Crippen molar-refractivity contribution in [2.45, 2.75) is 25.5 Å². The van der Waals surface area contributed by atoms with Gasteiger partial charge in [0.05, 0.1) is 12.7 Å². The Kier molecular flexibility index (Phi) is 3.14. The van der Waals surface area contributed by atoms with Crippen molar-refractivity contribution >= 4 is 0 Å². The maximum atomic E-state index is 6.32. The first-order valence-electron chi connectivity index (χ1n) is 6.51. The molecule has 4 nitrogen and oxygen atoms in total. The van der Waals surface area contributed by atoms with Gasteiger partial charge in [-0.15, -0.1) is 0 Å². The van der Waals surface area contributed by atoms with E-state index in [1.54, 1.807) is 0 Å². The van der Waals surface area contributed by atoms with Gasteiger partial charge in [-0.05, 0) is 31.0 Å². The minimum Gasteiger partial charge on any atom is -0.486 e. The molecule has 0 bridgehead atoms. The molecule has 3 atom stereocenters. The fourth-order valence-electron chi connectivity index (χ4n) is 2.64. The summed E-state index contributed by atoms with van der Waals surface area (Å²) in [4.78, 5) is 0. The average molecular weight is 249 g/mol. The molecule has 2 aliphatic rings. The number of ether oxygens (including phenoxy) is 3. The standard InChI is InChI=1S/C14H19NO3/c1-9-6-11(8-18-9)14(15)10-2-3-12-13(7-10)17-5-4-16-12/h2-3,7,9,11,14H,4-6,8,15H2,1H3. The van der Waals surface area contributed by atoms with Gasteiger partial charge in [-0.3, -0.25) is 0 Å². The molecule has 0 amide bonds. The van der Waals surface area contributed by atoms with E-state index in [1.165, 1.54) is 0 Å². The van der Waals surface area contributed by atoms with E-state index >= 15 is 0 Å². The van der Waals surface area contributed by atoms with Crippen molar-refractivity contribution in [2.24, 2.45) is 11.7 Å². The van der Waals surface area contributed by atoms with Gasteiger partial charge in [-0.25, -0.2) is 0 Å². The highest BCUT2D eigenvalue weighted by atomic mass is 16.6. The summed E-state index contributed by atoms with van der Waals surface area (Å²) in [5.41, 5.74) is 7.42. The fraction of sp³-hybridized carbons (Fsp3) is 0.571. The predicted octanol–water partition coefficient (Wildman–Crippen LogP) is 1.88. The lowest BCUT2D eigenvalue weighted by Gasteiger charge is -2.22. The third-order valence-corrected chi connectivity index (χ3v) is 3.69. The summed E-state index contributed by atoms with van der Waals surface area (Å²) in [6.45, 7) is 4.06. The zero-order valence-corrected chi connectivity index (χ0v) is 10.6. The molecule has 0 aliphatic carbocycles. The van der Waals surface area contributed by atoms with Gasteiger partial charge in [0.15, 0.2) is 11.5 Å². The molecule has 3 unspecified atom stereocenters. The number of rotatable bonds is 2. The van der Waals surface area contributed by atoms with Crippen LogP contribution in [0.2, 0.25) is 0 Å². The second-order valence-electron chi connectivity index (χ2n) is 5.07. The molecule has 0 saturated carbocycles. The van der Waals surface area contributed by atoms with E-state index in [1.807, 2.05) is 18.2 Å². The van der Waals surface area contributed by atoms with Crippen molar-refractivity contribution in [1.29, 1.82) is 0 Å². The Morgan fingerprint density at radius 3 is 2.72 bits per heavy atom. The SMILES string of the molecule is CC1CC(C(N)c2ccc3c(c2)OCCO3)CO1. The molecular formula is C14H19NO3. The van der Waals surface area contributed by atoms with Gasteiger partial charge < -0.3 is 19.9 Å². The molecule has 2 N–H and O–H groups in total. The summed E-state index contributed by atoms with van der Waals surface area (Å²) in [6, 6.07) is 5.98. The number of benzene rings is 1. The van der Waals surface area contributed by atoms with Gasteiger partial charge in [0.25, 0.3) is 0 Å². The minimum atomic E-state index is 0.00535. The Labute approximate surface area is 107 Å². The molecule has 0 spiro atoms. The van der Waals surface area contributed by atoms with Crippen LogP contribution in [0.25, 0.3) is 0 Å². The van der Waals surface area contributed by atoms with Crippen LogP contribution < -0.4 is 15.2 Å². The number of nitrogens with two attached hydrogens (primary N) is 1. The van der Waals surface area contributed by atoms with Crippen LogP contribution in [0.1, 0.15) is 24.9 Å². The minimum absolute atomic E-state index is 0.00535. The molecular weight excluding hydrogens is 230 g/mol. The van der Waals surface area contributed by atoms with E-state index in [0.717, 1.165) is 30.1 Å². The maximum absolute atomic E-state index is 6.32. The topological polar surface area (TPSA) is 53.7 Å². The highest BCUT2D eigenvalue weighted by molar-refractivity contribution is 5.44. The Morgan fingerprint density at radius 1 is 1.22 bits per heavy atom. The first-order chi connectivity index (χ1) is 8.74. The van der Waals surface area contributed by atoms with Crippen molar-refractivity contribution in [2.75, 3.05) is 19.8 Å². The second kappa shape index (κ2) is 4.78. The summed E-state index contributed by atoms with van der Waals surface area (Å²) in [7, 11) is 0. The lowest BCUT2D eigenvalue weighted by Crippen LogP contribution is -2.22. The van der Waals surface area contributed by atoms with Gasteiger partial charge in [0.2, 0.25) is 0 Å². The van der Waals surface area contributed by atoms with Crippen molar-refractivity contribution in [3.8, 4) is 11.5 Å². The number of fused-ring (bicyclic) bond motifs is 1. The Balaban J connectivity index is 1.79. The summed E-state index contributed by atoms with van der Waals surface area (Å²) >= 11 is 0. The van der Waals surface area contributed by atoms with E-state index in [2.05, 4.69) is 6.92 Å². The van der Waals surface area contributed by atoms with Crippen molar-refractivity contribution in [3.05, 3.63) is 23.8 Å². The van der Waals surface area contributed by atoms with Gasteiger partial charge in [0.1, 0.15) is 13.2 Å². The Morgan fingerprint density at radius 2 is 2.00 bits per heavy atom. The van der Waals surface area contributed by atoms with Crippen LogP contribution in [0.4, 0.5) is 0 Å². The van der Waals surface area contributed by atoms with E-state index in [4.69, 9.17) is 19.9 Å². The maximum Gasteiger partial charge on any atom is 0.161 e. The van der Waals surface area contributed by atoms with Crippen LogP contribution in [-0.4, -0.2) is 25.9 Å². The molecule has 1 aromatic rings. The third-order valence-electron chi connectivity index (χ3n) is 3.69. The largest absolute Gasteiger partial charge is 0.486 e. The lowest BCUT2D eigenvalue weighted by molar-refractivity contribution is 0.118. The quantitative estimate of drug-likeness (QED) is 0.869. The lowest BCUT2D eigenvalue weighted by atomic mass is 9.91. The van der Waals surface area contributed by atoms with Crippen LogP contribution >= 0.6 is 0 Å². The summed E-state index contributed by atoms with van der Waals surface area (Å²) in [5.74, 6) is 2.01. The summed E-state index contributed by atoms with van der Waals surface area (Å²) in [6.07, 6.45) is 1.34. The van der Waals surface area contributed by atoms with Gasteiger partial charge in [-0.1, -0.05) is 6.07 Å². The van der Waals surface area contributed by atoms with Crippen LogP contribution in [0.15, 0.2) is 18.2 Å². The molecule has 2 aliphatic heterocycles. The van der Waals surface area contributed by atoms with Crippen LogP contribution in [-0.2, 0) is 4.74 Å². The summed E-state index contributed by atoms with van der Waals surface area (Å²) < 4.78 is 16.7. The molecule has 3 rings (SSSR count). The molecule has 1 saturated heterocycles. The van der Waals surface area contributed by atoms with Crippen molar-refractivity contribution in [1.82, 2.24) is 0 Å². The first kappa shape index (κ1) is 11.8. The Hall–Kier alpha value is -1.26. The van der Waals surface area contributed by atoms with Crippen LogP contribution in [0, 0.1) is 5.92 Å². The van der Waals surface area contributed by atoms with Gasteiger partial charge in [0, 0.05) is 12.0 Å². The Bertz CT molecular complexity index is 435. The molecule has 98 valence electrons. The third kappa shape index (κ3) is 2.18. The van der Waals surface area contributed by atoms with Crippen molar-refractivity contribution < 1.29 is 14.2 Å². The normalized spacial score (nSPS) is 28.1. The van der Waals surface area contributed by atoms with Crippen LogP contribution in [0.3, 0.4) is 0 Å². The zero-order chi connectivity index (χ0) is 12.5. The predicted molar refractivity (Wildman–Crippen MR) is 67.9 cm³/mol. The smallest absolute Gasteiger partial charge is 0.161 e. The average Bonchev–Trinajstić information content (AvgIpc) is 2.84. The molecule has 18 heavy (non-hydrogen) atoms. The highest BCUT2D eigenvalue weighted by Crippen LogP contribution is 2.36. The first-order valence-corrected chi connectivity index (χ1v) is 6.51. The molecule has 2 heterocycles. The molecule has 1 fully saturated rings. The van der Waals surface area contributed by atoms with Crippen LogP contribution in [0.5, 0.6) is 11.5 Å². The highest BCUT2D eigenvalue weighted by Gasteiger charge is 2.29. The second-order valence-corrected chi connectivity index (χ2v) is 5.07. The van der Waals surface area contributed by atoms with E-state index in [9.17, 15) is 0 Å². The zero-order valence-electron chi connectivity index (χ0n) is 10.6. The van der Waals surface area contributed by atoms with Crippen molar-refractivity contribution in [3.63, 3.8) is 0 Å².